The number of ether oxygens (including phenoxy) is 1. The molecule has 0 fully saturated rings. The fourth-order valence-corrected chi connectivity index (χ4v) is 0.615. The fraction of sp³-hybridized carbons (Fsp3) is 0.200. The lowest BCUT2D eigenvalue weighted by molar-refractivity contribution is 0.399. The normalized spacial score (nSPS) is 9.30. The topological polar surface area (TPSA) is 61.0 Å². The van der Waals surface area contributed by atoms with Gasteiger partial charge in [-0.15, -0.1) is 0 Å². The van der Waals surface area contributed by atoms with Gasteiger partial charge in [0.15, 0.2) is 13.7 Å². The Bertz CT molecular complexity index is 240. The Labute approximate surface area is 59.8 Å². The van der Waals surface area contributed by atoms with Crippen LogP contribution in [0.1, 0.15) is 0 Å². The maximum atomic E-state index is 5.40. The van der Waals surface area contributed by atoms with Gasteiger partial charge in [0.25, 0.3) is 5.88 Å². The van der Waals surface area contributed by atoms with E-state index in [9.17, 15) is 0 Å². The second-order valence-corrected chi connectivity index (χ2v) is 1.91. The molecule has 0 radical (unpaired) electrons. The van der Waals surface area contributed by atoms with Crippen molar-refractivity contribution in [1.82, 2.24) is 9.97 Å². The number of nitrogens with zero attached hydrogens (tertiary/aromatic N) is 2. The molecule has 5 heteroatoms. The third-order valence-electron chi connectivity index (χ3n) is 1.08. The molecule has 4 nitrogen and oxygen atoms in total. The first-order chi connectivity index (χ1) is 4.74. The van der Waals surface area contributed by atoms with Crippen LogP contribution in [0.25, 0.3) is 0 Å². The molecule has 0 aromatic carbocycles. The summed E-state index contributed by atoms with van der Waals surface area (Å²) in [6.07, 6.45) is 1.60. The Hall–Kier alpha value is -1.26. The highest BCUT2D eigenvalue weighted by Gasteiger charge is 1.99. The largest absolute Gasteiger partial charge is 0.478 e. The molecule has 1 aromatic heterocycles. The van der Waals surface area contributed by atoms with Crippen LogP contribution in [0.2, 0.25) is 0 Å². The minimum absolute atomic E-state index is 0.327. The summed E-state index contributed by atoms with van der Waals surface area (Å²) >= 11 is 0. The average molecular weight is 137 g/mol. The van der Waals surface area contributed by atoms with Crippen molar-refractivity contribution in [3.8, 4) is 5.88 Å². The predicted octanol–water partition coefficient (Wildman–Crippen LogP) is -1.67. The second kappa shape index (κ2) is 2.55. The molecule has 1 aromatic rings. The number of nitrogens with two attached hydrogens (primary N) is 1. The quantitative estimate of drug-likeness (QED) is 0.470. The monoisotopic (exact) mass is 137 g/mol. The number of hydrogen-bond acceptors (Lipinski definition) is 4. The number of aromatic nitrogens is 2. The zero-order valence-corrected chi connectivity index (χ0v) is 5.96. The Kier molecular flexibility index (Phi) is 1.75. The zero-order valence-electron chi connectivity index (χ0n) is 5.96. The third-order valence-corrected chi connectivity index (χ3v) is 1.08. The Balaban J connectivity index is 3.09. The van der Waals surface area contributed by atoms with Crippen LogP contribution in [0.5, 0.6) is 5.88 Å². The second-order valence-electron chi connectivity index (χ2n) is 1.91. The van der Waals surface area contributed by atoms with E-state index >= 15 is 0 Å². The third kappa shape index (κ3) is 1.18. The minimum Gasteiger partial charge on any atom is -0.478 e. The van der Waals surface area contributed by atoms with Gasteiger partial charge in [-0.25, -0.2) is 9.97 Å². The van der Waals surface area contributed by atoms with E-state index in [1.54, 1.807) is 6.20 Å². The number of hydrogen-bond donors (Lipinski definition) is 1. The lowest BCUT2D eigenvalue weighted by Crippen LogP contribution is -2.12. The lowest BCUT2D eigenvalue weighted by atomic mass is 10.1. The van der Waals surface area contributed by atoms with Crippen molar-refractivity contribution in [3.63, 3.8) is 0 Å². The molecule has 2 N–H and O–H groups in total. The zero-order chi connectivity index (χ0) is 7.56. The van der Waals surface area contributed by atoms with Crippen LogP contribution in [-0.4, -0.2) is 24.9 Å². The van der Waals surface area contributed by atoms with Crippen LogP contribution in [0, 0.1) is 0 Å². The highest BCUT2D eigenvalue weighted by Crippen LogP contribution is 2.09. The van der Waals surface area contributed by atoms with Crippen LogP contribution in [0.3, 0.4) is 0 Å². The van der Waals surface area contributed by atoms with Crippen molar-refractivity contribution in [2.45, 2.75) is 0 Å². The van der Waals surface area contributed by atoms with Crippen LogP contribution in [0.15, 0.2) is 6.20 Å². The number of methoxy groups -OCH3 is 1. The van der Waals surface area contributed by atoms with Gasteiger partial charge in [-0.2, -0.15) is 0 Å². The molecule has 10 heavy (non-hydrogen) atoms. The van der Waals surface area contributed by atoms with E-state index in [4.69, 9.17) is 10.5 Å². The van der Waals surface area contributed by atoms with E-state index in [1.165, 1.54) is 7.11 Å². The predicted molar refractivity (Wildman–Crippen MR) is 41.2 cm³/mol. The molecule has 1 rings (SSSR count). The van der Waals surface area contributed by atoms with Crippen molar-refractivity contribution in [2.24, 2.45) is 0 Å². The molecule has 1 heterocycles. The van der Waals surface area contributed by atoms with E-state index in [0.29, 0.717) is 11.7 Å². The summed E-state index contributed by atoms with van der Waals surface area (Å²) in [7, 11) is 3.34. The maximum Gasteiger partial charge on any atom is 0.256 e. The smallest absolute Gasteiger partial charge is 0.256 e. The van der Waals surface area contributed by atoms with Gasteiger partial charge in [-0.1, -0.05) is 0 Å². The van der Waals surface area contributed by atoms with E-state index in [-0.39, 0.29) is 0 Å². The van der Waals surface area contributed by atoms with E-state index in [1.807, 2.05) is 7.85 Å². The Morgan fingerprint density at radius 3 is 2.90 bits per heavy atom. The molecule has 52 valence electrons. The first-order valence-electron chi connectivity index (χ1n) is 2.87. The molecule has 0 amide bonds. The summed E-state index contributed by atoms with van der Waals surface area (Å²) in [5.41, 5.74) is 6.20. The molecule has 0 saturated carbocycles. The van der Waals surface area contributed by atoms with Crippen molar-refractivity contribution < 1.29 is 4.74 Å². The summed E-state index contributed by atoms with van der Waals surface area (Å²) in [5.74, 6) is 0.716. The maximum absolute atomic E-state index is 5.40. The van der Waals surface area contributed by atoms with Gasteiger partial charge in [-0.05, 0) is 0 Å². The Morgan fingerprint density at radius 2 is 2.40 bits per heavy atom. The van der Waals surface area contributed by atoms with Crippen molar-refractivity contribution in [3.05, 3.63) is 6.20 Å². The molecule has 0 bridgehead atoms. The lowest BCUT2D eigenvalue weighted by Gasteiger charge is -2.01. The van der Waals surface area contributed by atoms with Crippen molar-refractivity contribution in [2.75, 3.05) is 12.8 Å². The van der Waals surface area contributed by atoms with Crippen LogP contribution in [0.4, 0.5) is 5.82 Å². The van der Waals surface area contributed by atoms with Gasteiger partial charge in [0, 0.05) is 11.8 Å². The highest BCUT2D eigenvalue weighted by molar-refractivity contribution is 6.30. The first kappa shape index (κ1) is 6.86. The first-order valence-corrected chi connectivity index (χ1v) is 2.87. The fourth-order valence-electron chi connectivity index (χ4n) is 0.615. The number of rotatable bonds is 1. The van der Waals surface area contributed by atoms with Crippen LogP contribution in [-0.2, 0) is 0 Å². The van der Waals surface area contributed by atoms with Gasteiger partial charge in [0.2, 0.25) is 0 Å². The minimum atomic E-state index is 0.327. The molecule has 0 atom stereocenters. The Morgan fingerprint density at radius 1 is 1.70 bits per heavy atom. The van der Waals surface area contributed by atoms with Gasteiger partial charge in [-0.3, -0.25) is 0 Å². The van der Waals surface area contributed by atoms with Crippen molar-refractivity contribution >= 4 is 19.3 Å². The van der Waals surface area contributed by atoms with Gasteiger partial charge in [0.05, 0.1) is 7.11 Å². The molecule has 0 aliphatic heterocycles. The van der Waals surface area contributed by atoms with Gasteiger partial charge >= 0.3 is 0 Å². The van der Waals surface area contributed by atoms with E-state index in [2.05, 4.69) is 9.97 Å². The summed E-state index contributed by atoms with van der Waals surface area (Å²) in [6, 6.07) is 0. The molecule has 0 unspecified atom stereocenters. The van der Waals surface area contributed by atoms with Crippen LogP contribution >= 0.6 is 0 Å². The molecular formula is C5H8BN3O. The molecule has 0 aliphatic rings. The SMILES string of the molecule is Bc1cnc(N)c(OC)n1. The van der Waals surface area contributed by atoms with E-state index in [0.717, 1.165) is 5.59 Å². The summed E-state index contributed by atoms with van der Waals surface area (Å²) < 4.78 is 4.83. The average Bonchev–Trinajstić information content (AvgIpc) is 1.94. The van der Waals surface area contributed by atoms with E-state index < -0.39 is 0 Å². The molecule has 0 aliphatic carbocycles. The number of nitrogen functional groups attached to an aromatic ring is 1. The number of anilines is 1. The van der Waals surface area contributed by atoms with Gasteiger partial charge in [0.1, 0.15) is 0 Å². The summed E-state index contributed by atoms with van der Waals surface area (Å²) in [6.45, 7) is 0. The summed E-state index contributed by atoms with van der Waals surface area (Å²) in [5, 5.41) is 0. The van der Waals surface area contributed by atoms with Crippen molar-refractivity contribution in [1.29, 1.82) is 0 Å². The summed E-state index contributed by atoms with van der Waals surface area (Å²) in [4.78, 5) is 7.82. The van der Waals surface area contributed by atoms with Crippen LogP contribution < -0.4 is 16.1 Å². The van der Waals surface area contributed by atoms with Gasteiger partial charge < -0.3 is 10.5 Å². The highest BCUT2D eigenvalue weighted by atomic mass is 16.5. The molecule has 0 spiro atoms. The standard InChI is InChI=1S/C5H8BN3O/c1-10-5-4(7)8-2-3(6)9-5/h2H,6H2,1H3,(H2,7,8). The molecule has 0 saturated heterocycles. The molecular weight excluding hydrogens is 129 g/mol.